The quantitative estimate of drug-likeness (QED) is 0.738. The van der Waals surface area contributed by atoms with Crippen LogP contribution in [0.5, 0.6) is 0 Å². The molecular weight excluding hydrogens is 222 g/mol. The number of aliphatic imine (C=N–C) groups is 1. The molecule has 3 heteroatoms. The van der Waals surface area contributed by atoms with Gasteiger partial charge in [0.05, 0.1) is 6.54 Å². The smallest absolute Gasteiger partial charge is 0.216 e. The highest BCUT2D eigenvalue weighted by Gasteiger charge is 2.10. The lowest BCUT2D eigenvalue weighted by atomic mass is 10.1. The van der Waals surface area contributed by atoms with Gasteiger partial charge < -0.3 is 4.74 Å². The molecule has 3 rings (SSSR count). The normalized spacial score (nSPS) is 14.9. The number of rotatable bonds is 1. The van der Waals surface area contributed by atoms with Gasteiger partial charge in [-0.05, 0) is 35.0 Å². The molecule has 0 radical (unpaired) electrons. The minimum Gasteiger partial charge on any atom is -0.476 e. The second-order valence-corrected chi connectivity index (χ2v) is 4.18. The summed E-state index contributed by atoms with van der Waals surface area (Å²) in [5.41, 5.74) is 1.03. The van der Waals surface area contributed by atoms with Crippen LogP contribution in [-0.4, -0.2) is 19.0 Å². The summed E-state index contributed by atoms with van der Waals surface area (Å²) in [4.78, 5) is 4.30. The van der Waals surface area contributed by atoms with E-state index in [0.717, 1.165) is 33.8 Å². The highest BCUT2D eigenvalue weighted by atomic mass is 35.5. The highest BCUT2D eigenvalue weighted by molar-refractivity contribution is 6.31. The maximum atomic E-state index is 5.94. The lowest BCUT2D eigenvalue weighted by Gasteiger charge is -2.04. The summed E-state index contributed by atoms with van der Waals surface area (Å²) in [6, 6.07) is 12.0. The second-order valence-electron chi connectivity index (χ2n) is 3.74. The van der Waals surface area contributed by atoms with Crippen molar-refractivity contribution in [3.8, 4) is 0 Å². The zero-order valence-electron chi connectivity index (χ0n) is 8.61. The first-order valence-electron chi connectivity index (χ1n) is 5.20. The van der Waals surface area contributed by atoms with Crippen LogP contribution >= 0.6 is 11.6 Å². The molecule has 0 aliphatic carbocycles. The van der Waals surface area contributed by atoms with Crippen LogP contribution in [0, 0.1) is 0 Å². The molecule has 0 spiro atoms. The van der Waals surface area contributed by atoms with E-state index in [4.69, 9.17) is 16.3 Å². The van der Waals surface area contributed by atoms with Crippen LogP contribution in [0.1, 0.15) is 5.56 Å². The second kappa shape index (κ2) is 3.80. The summed E-state index contributed by atoms with van der Waals surface area (Å²) >= 11 is 5.94. The van der Waals surface area contributed by atoms with E-state index in [2.05, 4.69) is 11.1 Å². The number of nitrogens with zero attached hydrogens (tertiary/aromatic N) is 1. The minimum absolute atomic E-state index is 0.688. The zero-order chi connectivity index (χ0) is 11.0. The Morgan fingerprint density at radius 2 is 1.88 bits per heavy atom. The van der Waals surface area contributed by atoms with Crippen LogP contribution in [0.25, 0.3) is 10.8 Å². The van der Waals surface area contributed by atoms with Gasteiger partial charge in [-0.25, -0.2) is 4.99 Å². The van der Waals surface area contributed by atoms with Gasteiger partial charge in [-0.3, -0.25) is 0 Å². The maximum absolute atomic E-state index is 5.94. The number of hydrogen-bond donors (Lipinski definition) is 0. The molecule has 0 atom stereocenters. The van der Waals surface area contributed by atoms with Gasteiger partial charge in [0, 0.05) is 10.6 Å². The molecule has 2 nitrogen and oxygen atoms in total. The van der Waals surface area contributed by atoms with Gasteiger partial charge in [0.15, 0.2) is 0 Å². The highest BCUT2D eigenvalue weighted by Crippen LogP contribution is 2.21. The Labute approximate surface area is 98.5 Å². The van der Waals surface area contributed by atoms with Crippen molar-refractivity contribution in [1.82, 2.24) is 0 Å². The largest absolute Gasteiger partial charge is 0.476 e. The van der Waals surface area contributed by atoms with Gasteiger partial charge in [0.25, 0.3) is 0 Å². The standard InChI is InChI=1S/C13H10ClNO/c14-12-4-3-9-7-11(2-1-10(9)8-12)13-15-5-6-16-13/h1-4,7-8H,5-6H2. The van der Waals surface area contributed by atoms with Crippen molar-refractivity contribution >= 4 is 28.3 Å². The monoisotopic (exact) mass is 231 g/mol. The molecule has 0 bridgehead atoms. The van der Waals surface area contributed by atoms with E-state index < -0.39 is 0 Å². The molecule has 0 unspecified atom stereocenters. The summed E-state index contributed by atoms with van der Waals surface area (Å²) in [6.07, 6.45) is 0. The van der Waals surface area contributed by atoms with Crippen LogP contribution in [0.15, 0.2) is 41.4 Å². The fourth-order valence-corrected chi connectivity index (χ4v) is 2.04. The van der Waals surface area contributed by atoms with E-state index in [-0.39, 0.29) is 0 Å². The van der Waals surface area contributed by atoms with Gasteiger partial charge in [0.1, 0.15) is 6.61 Å². The first kappa shape index (κ1) is 9.67. The fourth-order valence-electron chi connectivity index (χ4n) is 1.86. The molecule has 0 aromatic heterocycles. The molecule has 0 fully saturated rings. The van der Waals surface area contributed by atoms with Crippen molar-refractivity contribution in [2.45, 2.75) is 0 Å². The first-order chi connectivity index (χ1) is 7.83. The van der Waals surface area contributed by atoms with Gasteiger partial charge in [-0.15, -0.1) is 0 Å². The lowest BCUT2D eigenvalue weighted by molar-refractivity contribution is 0.348. The van der Waals surface area contributed by atoms with Crippen molar-refractivity contribution in [3.05, 3.63) is 47.0 Å². The molecule has 1 aliphatic rings. The van der Waals surface area contributed by atoms with Crippen LogP contribution in [0.3, 0.4) is 0 Å². The molecule has 16 heavy (non-hydrogen) atoms. The van der Waals surface area contributed by atoms with E-state index >= 15 is 0 Å². The Morgan fingerprint density at radius 1 is 1.06 bits per heavy atom. The third-order valence-electron chi connectivity index (χ3n) is 2.63. The zero-order valence-corrected chi connectivity index (χ0v) is 9.37. The number of benzene rings is 2. The molecule has 1 heterocycles. The molecule has 0 N–H and O–H groups in total. The third-order valence-corrected chi connectivity index (χ3v) is 2.87. The van der Waals surface area contributed by atoms with Gasteiger partial charge in [-0.2, -0.15) is 0 Å². The lowest BCUT2D eigenvalue weighted by Crippen LogP contribution is -2.00. The summed E-state index contributed by atoms with van der Waals surface area (Å²) in [5, 5.41) is 3.05. The Kier molecular flexibility index (Phi) is 2.29. The Hall–Kier alpha value is -1.54. The van der Waals surface area contributed by atoms with Crippen LogP contribution < -0.4 is 0 Å². The average molecular weight is 232 g/mol. The van der Waals surface area contributed by atoms with Crippen molar-refractivity contribution in [1.29, 1.82) is 0 Å². The summed E-state index contributed by atoms with van der Waals surface area (Å²) in [6.45, 7) is 1.45. The molecule has 80 valence electrons. The van der Waals surface area contributed by atoms with Gasteiger partial charge >= 0.3 is 0 Å². The van der Waals surface area contributed by atoms with E-state index in [9.17, 15) is 0 Å². The summed E-state index contributed by atoms with van der Waals surface area (Å²) in [7, 11) is 0. The molecular formula is C13H10ClNO. The van der Waals surface area contributed by atoms with Gasteiger partial charge in [-0.1, -0.05) is 23.7 Å². The van der Waals surface area contributed by atoms with Crippen molar-refractivity contribution in [3.63, 3.8) is 0 Å². The number of ether oxygens (including phenoxy) is 1. The molecule has 1 aliphatic heterocycles. The fraction of sp³-hybridized carbons (Fsp3) is 0.154. The van der Waals surface area contributed by atoms with Gasteiger partial charge in [0.2, 0.25) is 5.90 Å². The SMILES string of the molecule is Clc1ccc2cc(C3=NCCO3)ccc2c1. The number of fused-ring (bicyclic) bond motifs is 1. The Morgan fingerprint density at radius 3 is 2.69 bits per heavy atom. The van der Waals surface area contributed by atoms with E-state index in [1.54, 1.807) is 0 Å². The molecule has 2 aromatic rings. The van der Waals surface area contributed by atoms with Crippen molar-refractivity contribution in [2.75, 3.05) is 13.2 Å². The van der Waals surface area contributed by atoms with Crippen molar-refractivity contribution in [2.24, 2.45) is 4.99 Å². The Balaban J connectivity index is 2.12. The predicted molar refractivity (Wildman–Crippen MR) is 66.3 cm³/mol. The van der Waals surface area contributed by atoms with Crippen molar-refractivity contribution < 1.29 is 4.74 Å². The summed E-state index contributed by atoms with van der Waals surface area (Å²) < 4.78 is 5.44. The molecule has 0 amide bonds. The molecule has 2 aromatic carbocycles. The number of hydrogen-bond acceptors (Lipinski definition) is 2. The minimum atomic E-state index is 0.688. The molecule has 0 saturated heterocycles. The molecule has 0 saturated carbocycles. The first-order valence-corrected chi connectivity index (χ1v) is 5.58. The van der Waals surface area contributed by atoms with E-state index in [0.29, 0.717) is 6.61 Å². The van der Waals surface area contributed by atoms with Crippen LogP contribution in [-0.2, 0) is 4.74 Å². The maximum Gasteiger partial charge on any atom is 0.216 e. The average Bonchev–Trinajstić information content (AvgIpc) is 2.82. The Bertz CT molecular complexity index is 577. The van der Waals surface area contributed by atoms with Crippen LogP contribution in [0.2, 0.25) is 5.02 Å². The summed E-state index contributed by atoms with van der Waals surface area (Å²) in [5.74, 6) is 0.747. The van der Waals surface area contributed by atoms with E-state index in [1.165, 1.54) is 0 Å². The van der Waals surface area contributed by atoms with E-state index in [1.807, 2.05) is 30.3 Å². The third kappa shape index (κ3) is 1.65. The topological polar surface area (TPSA) is 21.6 Å². The predicted octanol–water partition coefficient (Wildman–Crippen LogP) is 3.27. The number of halogens is 1. The van der Waals surface area contributed by atoms with Crippen LogP contribution in [0.4, 0.5) is 0 Å².